The zero-order valence-corrected chi connectivity index (χ0v) is 9.95. The Hall–Kier alpha value is -1.36. The Morgan fingerprint density at radius 2 is 2.06 bits per heavy atom. The average Bonchev–Trinajstić information content (AvgIpc) is 2.65. The molecule has 17 heavy (non-hydrogen) atoms. The Labute approximate surface area is 101 Å². The van der Waals surface area contributed by atoms with E-state index in [4.69, 9.17) is 10.8 Å². The van der Waals surface area contributed by atoms with Crippen LogP contribution in [-0.4, -0.2) is 28.6 Å². The van der Waals surface area contributed by atoms with Crippen LogP contribution in [0.1, 0.15) is 38.5 Å². The molecule has 96 valence electrons. The first-order chi connectivity index (χ1) is 7.99. The van der Waals surface area contributed by atoms with Crippen molar-refractivity contribution in [2.24, 2.45) is 5.73 Å². The van der Waals surface area contributed by atoms with Crippen LogP contribution >= 0.6 is 0 Å². The Balaban J connectivity index is 2.63. The molecule has 1 rings (SSSR count). The number of carboxylic acids is 1. The topological polar surface area (TPSA) is 92.4 Å². The minimum absolute atomic E-state index is 0.0282. The predicted molar refractivity (Wildman–Crippen MR) is 64.4 cm³/mol. The van der Waals surface area contributed by atoms with Gasteiger partial charge in [-0.2, -0.15) is 0 Å². The summed E-state index contributed by atoms with van der Waals surface area (Å²) >= 11 is 0. The molecular weight excluding hydrogens is 220 g/mol. The summed E-state index contributed by atoms with van der Waals surface area (Å²) in [5.41, 5.74) is 5.07. The highest BCUT2D eigenvalue weighted by Crippen LogP contribution is 2.32. The van der Waals surface area contributed by atoms with Crippen LogP contribution in [0.25, 0.3) is 0 Å². The summed E-state index contributed by atoms with van der Waals surface area (Å²) in [5.74, 6) is -1.17. The van der Waals surface area contributed by atoms with Gasteiger partial charge in [-0.15, -0.1) is 6.58 Å². The van der Waals surface area contributed by atoms with Crippen molar-refractivity contribution in [2.75, 3.05) is 0 Å². The molecule has 0 spiro atoms. The molecule has 1 amide bonds. The van der Waals surface area contributed by atoms with E-state index in [2.05, 4.69) is 11.9 Å². The fraction of sp³-hybridized carbons (Fsp3) is 0.667. The summed E-state index contributed by atoms with van der Waals surface area (Å²) in [5, 5.41) is 11.7. The molecule has 0 aliphatic heterocycles. The third-order valence-corrected chi connectivity index (χ3v) is 3.20. The third kappa shape index (κ3) is 3.85. The van der Waals surface area contributed by atoms with E-state index >= 15 is 0 Å². The van der Waals surface area contributed by atoms with Gasteiger partial charge in [-0.3, -0.25) is 9.59 Å². The van der Waals surface area contributed by atoms with Gasteiger partial charge in [0, 0.05) is 0 Å². The molecule has 1 unspecified atom stereocenters. The van der Waals surface area contributed by atoms with Crippen LogP contribution in [0.5, 0.6) is 0 Å². The predicted octanol–water partition coefficient (Wildman–Crippen LogP) is 0.793. The lowest BCUT2D eigenvalue weighted by atomic mass is 9.92. The minimum Gasteiger partial charge on any atom is -0.481 e. The molecule has 0 aromatic heterocycles. The summed E-state index contributed by atoms with van der Waals surface area (Å²) < 4.78 is 0. The molecule has 0 aromatic rings. The van der Waals surface area contributed by atoms with Crippen molar-refractivity contribution in [2.45, 2.75) is 50.1 Å². The van der Waals surface area contributed by atoms with Crippen LogP contribution in [0.2, 0.25) is 0 Å². The van der Waals surface area contributed by atoms with Crippen molar-refractivity contribution in [3.8, 4) is 0 Å². The Morgan fingerprint density at radius 3 is 2.53 bits per heavy atom. The van der Waals surface area contributed by atoms with Crippen LogP contribution in [0.3, 0.4) is 0 Å². The zero-order valence-electron chi connectivity index (χ0n) is 9.95. The van der Waals surface area contributed by atoms with Gasteiger partial charge in [-0.1, -0.05) is 18.9 Å². The normalized spacial score (nSPS) is 19.6. The van der Waals surface area contributed by atoms with E-state index in [1.165, 1.54) is 0 Å². The summed E-state index contributed by atoms with van der Waals surface area (Å²) in [6, 6.07) is -0.640. The second-order valence-corrected chi connectivity index (χ2v) is 4.68. The SMILES string of the molecule is C=CCC(N)C(=O)NC1(CC(=O)O)CCCC1. The highest BCUT2D eigenvalue weighted by molar-refractivity contribution is 5.83. The number of amides is 1. The van der Waals surface area contributed by atoms with E-state index in [-0.39, 0.29) is 12.3 Å². The van der Waals surface area contributed by atoms with Crippen LogP contribution in [0, 0.1) is 0 Å². The van der Waals surface area contributed by atoms with Crippen LogP contribution < -0.4 is 11.1 Å². The molecule has 1 saturated carbocycles. The van der Waals surface area contributed by atoms with Gasteiger partial charge in [-0.05, 0) is 19.3 Å². The second-order valence-electron chi connectivity index (χ2n) is 4.68. The number of carbonyl (C=O) groups is 2. The fourth-order valence-electron chi connectivity index (χ4n) is 2.33. The maximum atomic E-state index is 11.8. The number of rotatable bonds is 6. The largest absolute Gasteiger partial charge is 0.481 e. The lowest BCUT2D eigenvalue weighted by molar-refractivity contribution is -0.139. The second kappa shape index (κ2) is 5.82. The first-order valence-corrected chi connectivity index (χ1v) is 5.89. The number of aliphatic carboxylic acids is 1. The maximum absolute atomic E-state index is 11.8. The van der Waals surface area contributed by atoms with Crippen molar-refractivity contribution >= 4 is 11.9 Å². The van der Waals surface area contributed by atoms with E-state index in [1.807, 2.05) is 0 Å². The van der Waals surface area contributed by atoms with Crippen molar-refractivity contribution in [1.29, 1.82) is 0 Å². The molecule has 1 atom stereocenters. The number of hydrogen-bond acceptors (Lipinski definition) is 3. The van der Waals surface area contributed by atoms with Gasteiger partial charge in [0.2, 0.25) is 5.91 Å². The van der Waals surface area contributed by atoms with Crippen molar-refractivity contribution in [1.82, 2.24) is 5.32 Å². The number of nitrogens with one attached hydrogen (secondary N) is 1. The Morgan fingerprint density at radius 1 is 1.47 bits per heavy atom. The monoisotopic (exact) mass is 240 g/mol. The summed E-state index contributed by atoms with van der Waals surface area (Å²) in [6.07, 6.45) is 5.28. The summed E-state index contributed by atoms with van der Waals surface area (Å²) in [4.78, 5) is 22.6. The average molecular weight is 240 g/mol. The van der Waals surface area contributed by atoms with E-state index in [1.54, 1.807) is 6.08 Å². The van der Waals surface area contributed by atoms with Crippen LogP contribution in [0.4, 0.5) is 0 Å². The minimum atomic E-state index is -0.885. The molecule has 0 saturated heterocycles. The lowest BCUT2D eigenvalue weighted by Gasteiger charge is -2.29. The molecule has 4 N–H and O–H groups in total. The fourth-order valence-corrected chi connectivity index (χ4v) is 2.33. The van der Waals surface area contributed by atoms with Gasteiger partial charge in [0.25, 0.3) is 0 Å². The van der Waals surface area contributed by atoms with E-state index in [9.17, 15) is 9.59 Å². The van der Waals surface area contributed by atoms with Gasteiger partial charge in [0.15, 0.2) is 0 Å². The van der Waals surface area contributed by atoms with E-state index in [0.717, 1.165) is 12.8 Å². The number of nitrogens with two attached hydrogens (primary N) is 1. The summed E-state index contributed by atoms with van der Waals surface area (Å²) in [7, 11) is 0. The third-order valence-electron chi connectivity index (χ3n) is 3.20. The maximum Gasteiger partial charge on any atom is 0.305 e. The van der Waals surface area contributed by atoms with Gasteiger partial charge < -0.3 is 16.2 Å². The molecule has 1 aliphatic rings. The quantitative estimate of drug-likeness (QED) is 0.598. The van der Waals surface area contributed by atoms with Crippen molar-refractivity contribution in [3.63, 3.8) is 0 Å². The molecule has 5 heteroatoms. The van der Waals surface area contributed by atoms with Gasteiger partial charge in [0.05, 0.1) is 18.0 Å². The highest BCUT2D eigenvalue weighted by Gasteiger charge is 2.38. The Bertz CT molecular complexity index is 309. The van der Waals surface area contributed by atoms with Crippen molar-refractivity contribution in [3.05, 3.63) is 12.7 Å². The molecule has 0 bridgehead atoms. The molecule has 1 fully saturated rings. The van der Waals surface area contributed by atoms with Gasteiger partial charge in [-0.25, -0.2) is 0 Å². The molecule has 0 aromatic carbocycles. The number of carbonyl (C=O) groups excluding carboxylic acids is 1. The van der Waals surface area contributed by atoms with Gasteiger partial charge >= 0.3 is 5.97 Å². The standard InChI is InChI=1S/C12H20N2O3/c1-2-5-9(13)11(17)14-12(8-10(15)16)6-3-4-7-12/h2,9H,1,3-8,13H2,(H,14,17)(H,15,16). The first kappa shape index (κ1) is 13.7. The van der Waals surface area contributed by atoms with Crippen molar-refractivity contribution < 1.29 is 14.7 Å². The molecule has 0 radical (unpaired) electrons. The Kier molecular flexibility index (Phi) is 4.69. The van der Waals surface area contributed by atoms with Crippen LogP contribution in [0.15, 0.2) is 12.7 Å². The van der Waals surface area contributed by atoms with E-state index in [0.29, 0.717) is 19.3 Å². The number of hydrogen-bond donors (Lipinski definition) is 3. The van der Waals surface area contributed by atoms with E-state index < -0.39 is 17.6 Å². The highest BCUT2D eigenvalue weighted by atomic mass is 16.4. The van der Waals surface area contributed by atoms with Crippen LogP contribution in [-0.2, 0) is 9.59 Å². The molecule has 1 aliphatic carbocycles. The summed E-state index contributed by atoms with van der Waals surface area (Å²) in [6.45, 7) is 3.53. The van der Waals surface area contributed by atoms with Gasteiger partial charge in [0.1, 0.15) is 0 Å². The number of carboxylic acid groups (broad SMARTS) is 1. The molecule has 5 nitrogen and oxygen atoms in total. The molecular formula is C12H20N2O3. The zero-order chi connectivity index (χ0) is 12.9. The smallest absolute Gasteiger partial charge is 0.305 e. The first-order valence-electron chi connectivity index (χ1n) is 5.89. The lowest BCUT2D eigenvalue weighted by Crippen LogP contribution is -2.53. The molecule has 0 heterocycles.